The first-order valence-electron chi connectivity index (χ1n) is 6.92. The van der Waals surface area contributed by atoms with Crippen molar-refractivity contribution in [2.45, 2.75) is 46.6 Å². The van der Waals surface area contributed by atoms with Crippen LogP contribution >= 0.6 is 0 Å². The maximum Gasteiger partial charge on any atom is 0.167 e. The number of nitrogens with two attached hydrogens (primary N) is 1. The van der Waals surface area contributed by atoms with Crippen LogP contribution in [0.2, 0.25) is 0 Å². The highest BCUT2D eigenvalue weighted by molar-refractivity contribution is 5.68. The number of nitrogen functional groups attached to an aromatic ring is 1. The summed E-state index contributed by atoms with van der Waals surface area (Å²) in [5.74, 6) is 0.504. The van der Waals surface area contributed by atoms with E-state index < -0.39 is 5.82 Å². The predicted octanol–water partition coefficient (Wildman–Crippen LogP) is 4.04. The summed E-state index contributed by atoms with van der Waals surface area (Å²) in [6, 6.07) is 3.24. The van der Waals surface area contributed by atoms with Gasteiger partial charge >= 0.3 is 0 Å². The molecule has 0 amide bonds. The summed E-state index contributed by atoms with van der Waals surface area (Å²) in [4.78, 5) is 0. The summed E-state index contributed by atoms with van der Waals surface area (Å²) in [6.45, 7) is 8.77. The second-order valence-corrected chi connectivity index (χ2v) is 5.32. The number of hydrogen-bond donors (Lipinski definition) is 2. The van der Waals surface area contributed by atoms with Crippen molar-refractivity contribution in [1.82, 2.24) is 0 Å². The molecule has 4 heteroatoms. The van der Waals surface area contributed by atoms with Crippen molar-refractivity contribution in [3.63, 3.8) is 0 Å². The summed E-state index contributed by atoms with van der Waals surface area (Å²) >= 11 is 0. The average Bonchev–Trinajstić information content (AvgIpc) is 2.33. The molecule has 0 aromatic heterocycles. The molecule has 0 saturated heterocycles. The Kier molecular flexibility index (Phi) is 5.93. The number of benzene rings is 1. The van der Waals surface area contributed by atoms with E-state index in [2.05, 4.69) is 26.1 Å². The van der Waals surface area contributed by atoms with Crippen LogP contribution in [-0.2, 0) is 0 Å². The highest BCUT2D eigenvalue weighted by atomic mass is 19.1. The molecule has 19 heavy (non-hydrogen) atoms. The van der Waals surface area contributed by atoms with Crippen molar-refractivity contribution in [1.29, 1.82) is 0 Å². The molecule has 0 fully saturated rings. The van der Waals surface area contributed by atoms with Crippen LogP contribution in [0.5, 0.6) is 5.75 Å². The molecule has 0 aliphatic carbocycles. The number of ether oxygens (including phenoxy) is 1. The molecule has 0 spiro atoms. The first kappa shape index (κ1) is 15.6. The minimum atomic E-state index is -0.417. The Hall–Kier alpha value is -1.45. The lowest BCUT2D eigenvalue weighted by atomic mass is 10.0. The van der Waals surface area contributed by atoms with E-state index in [1.807, 2.05) is 6.92 Å². The molecule has 0 bridgehead atoms. The number of rotatable bonds is 7. The second kappa shape index (κ2) is 7.22. The Labute approximate surface area is 115 Å². The average molecular weight is 268 g/mol. The monoisotopic (exact) mass is 268 g/mol. The van der Waals surface area contributed by atoms with E-state index in [4.69, 9.17) is 10.5 Å². The van der Waals surface area contributed by atoms with Crippen molar-refractivity contribution in [3.05, 3.63) is 17.9 Å². The van der Waals surface area contributed by atoms with Gasteiger partial charge < -0.3 is 15.8 Å². The van der Waals surface area contributed by atoms with Gasteiger partial charge in [-0.15, -0.1) is 0 Å². The standard InChI is InChI=1S/C15H25FN2O/c1-5-19-15-9-14(13(17)8-12(15)16)18-11(4)7-6-10(2)3/h8-11,18H,5-7,17H2,1-4H3. The Morgan fingerprint density at radius 1 is 1.26 bits per heavy atom. The lowest BCUT2D eigenvalue weighted by molar-refractivity contribution is 0.322. The zero-order valence-electron chi connectivity index (χ0n) is 12.3. The summed E-state index contributed by atoms with van der Waals surface area (Å²) < 4.78 is 18.8. The van der Waals surface area contributed by atoms with E-state index in [0.717, 1.165) is 18.5 Å². The molecule has 3 N–H and O–H groups in total. The highest BCUT2D eigenvalue weighted by Gasteiger charge is 2.11. The van der Waals surface area contributed by atoms with Gasteiger partial charge in [-0.05, 0) is 32.6 Å². The lowest BCUT2D eigenvalue weighted by Gasteiger charge is -2.19. The van der Waals surface area contributed by atoms with Gasteiger partial charge in [-0.2, -0.15) is 0 Å². The van der Waals surface area contributed by atoms with Gasteiger partial charge in [0.2, 0.25) is 0 Å². The predicted molar refractivity (Wildman–Crippen MR) is 79.1 cm³/mol. The second-order valence-electron chi connectivity index (χ2n) is 5.32. The maximum absolute atomic E-state index is 13.6. The number of hydrogen-bond acceptors (Lipinski definition) is 3. The van der Waals surface area contributed by atoms with Crippen molar-refractivity contribution in [2.75, 3.05) is 17.7 Å². The Bertz CT molecular complexity index is 407. The zero-order valence-corrected chi connectivity index (χ0v) is 12.3. The number of anilines is 2. The molecular formula is C15H25FN2O. The van der Waals surface area contributed by atoms with Crippen LogP contribution in [0.4, 0.5) is 15.8 Å². The largest absolute Gasteiger partial charge is 0.491 e. The molecule has 108 valence electrons. The molecule has 1 aromatic rings. The van der Waals surface area contributed by atoms with Gasteiger partial charge in [-0.3, -0.25) is 0 Å². The zero-order chi connectivity index (χ0) is 14.4. The maximum atomic E-state index is 13.6. The smallest absolute Gasteiger partial charge is 0.167 e. The van der Waals surface area contributed by atoms with E-state index >= 15 is 0 Å². The number of halogens is 1. The summed E-state index contributed by atoms with van der Waals surface area (Å²) in [5, 5.41) is 3.32. The molecule has 0 heterocycles. The van der Waals surface area contributed by atoms with Crippen LogP contribution in [0.1, 0.15) is 40.5 Å². The summed E-state index contributed by atoms with van der Waals surface area (Å²) in [6.07, 6.45) is 2.20. The van der Waals surface area contributed by atoms with Gasteiger partial charge in [0.05, 0.1) is 18.0 Å². The van der Waals surface area contributed by atoms with Gasteiger partial charge in [0.15, 0.2) is 11.6 Å². The molecule has 1 aromatic carbocycles. The highest BCUT2D eigenvalue weighted by Crippen LogP contribution is 2.29. The third-order valence-corrected chi connectivity index (χ3v) is 2.98. The SMILES string of the molecule is CCOc1cc(NC(C)CCC(C)C)c(N)cc1F. The minimum Gasteiger partial charge on any atom is -0.491 e. The lowest BCUT2D eigenvalue weighted by Crippen LogP contribution is -2.17. The molecule has 1 rings (SSSR count). The summed E-state index contributed by atoms with van der Waals surface area (Å²) in [5.41, 5.74) is 6.98. The van der Waals surface area contributed by atoms with E-state index in [0.29, 0.717) is 24.3 Å². The molecule has 1 atom stereocenters. The molecule has 0 aliphatic rings. The van der Waals surface area contributed by atoms with E-state index in [1.165, 1.54) is 6.07 Å². The molecule has 0 saturated carbocycles. The molecular weight excluding hydrogens is 243 g/mol. The third kappa shape index (κ3) is 4.97. The summed E-state index contributed by atoms with van der Waals surface area (Å²) in [7, 11) is 0. The third-order valence-electron chi connectivity index (χ3n) is 2.98. The fourth-order valence-corrected chi connectivity index (χ4v) is 1.88. The van der Waals surface area contributed by atoms with Crippen molar-refractivity contribution in [3.8, 4) is 5.75 Å². The fourth-order valence-electron chi connectivity index (χ4n) is 1.88. The number of nitrogens with one attached hydrogen (secondary N) is 1. The van der Waals surface area contributed by atoms with E-state index in [1.54, 1.807) is 6.07 Å². The van der Waals surface area contributed by atoms with Gasteiger partial charge in [0.25, 0.3) is 0 Å². The van der Waals surface area contributed by atoms with Crippen molar-refractivity contribution < 1.29 is 9.13 Å². The van der Waals surface area contributed by atoms with Crippen LogP contribution in [0.25, 0.3) is 0 Å². The van der Waals surface area contributed by atoms with E-state index in [9.17, 15) is 4.39 Å². The Balaban J connectivity index is 2.74. The van der Waals surface area contributed by atoms with Gasteiger partial charge in [0.1, 0.15) is 0 Å². The van der Waals surface area contributed by atoms with Crippen LogP contribution in [0.3, 0.4) is 0 Å². The van der Waals surface area contributed by atoms with E-state index in [-0.39, 0.29) is 5.75 Å². The normalized spacial score (nSPS) is 12.5. The molecule has 3 nitrogen and oxygen atoms in total. The van der Waals surface area contributed by atoms with Gasteiger partial charge in [0, 0.05) is 18.2 Å². The van der Waals surface area contributed by atoms with Crippen molar-refractivity contribution >= 4 is 11.4 Å². The van der Waals surface area contributed by atoms with Crippen molar-refractivity contribution in [2.24, 2.45) is 5.92 Å². The van der Waals surface area contributed by atoms with Crippen LogP contribution < -0.4 is 15.8 Å². The van der Waals surface area contributed by atoms with Crippen LogP contribution in [0.15, 0.2) is 12.1 Å². The Morgan fingerprint density at radius 2 is 1.95 bits per heavy atom. The van der Waals surface area contributed by atoms with Crippen LogP contribution in [-0.4, -0.2) is 12.6 Å². The van der Waals surface area contributed by atoms with Crippen LogP contribution in [0, 0.1) is 11.7 Å². The topological polar surface area (TPSA) is 47.3 Å². The quantitative estimate of drug-likeness (QED) is 0.734. The molecule has 0 radical (unpaired) electrons. The molecule has 1 unspecified atom stereocenters. The first-order valence-corrected chi connectivity index (χ1v) is 6.92. The first-order chi connectivity index (χ1) is 8.93. The van der Waals surface area contributed by atoms with Gasteiger partial charge in [-0.1, -0.05) is 13.8 Å². The van der Waals surface area contributed by atoms with Gasteiger partial charge in [-0.25, -0.2) is 4.39 Å². The molecule has 0 aliphatic heterocycles. The fraction of sp³-hybridized carbons (Fsp3) is 0.600. The minimum absolute atomic E-state index is 0.246. The Morgan fingerprint density at radius 3 is 2.53 bits per heavy atom.